The highest BCUT2D eigenvalue weighted by atomic mass is 15.1. The molecule has 0 amide bonds. The van der Waals surface area contributed by atoms with Crippen molar-refractivity contribution in [3.63, 3.8) is 0 Å². The third-order valence-corrected chi connectivity index (χ3v) is 3.21. The molecule has 1 aliphatic carbocycles. The van der Waals surface area contributed by atoms with Gasteiger partial charge in [0, 0.05) is 5.92 Å². The zero-order chi connectivity index (χ0) is 10.5. The molecule has 0 bridgehead atoms. The van der Waals surface area contributed by atoms with E-state index in [-0.39, 0.29) is 0 Å². The summed E-state index contributed by atoms with van der Waals surface area (Å²) in [6, 6.07) is 0. The largest absolute Gasteiger partial charge is 0.234 e. The number of aromatic nitrogens is 3. The SMILES string of the molecule is Cc1nncc(C2CCCCCCC2)n1. The Hall–Kier alpha value is -0.990. The summed E-state index contributed by atoms with van der Waals surface area (Å²) in [4.78, 5) is 4.50. The molecule has 0 aromatic carbocycles. The Morgan fingerprint density at radius 1 is 1.07 bits per heavy atom. The molecule has 1 saturated carbocycles. The Bertz CT molecular complexity index is 303. The molecule has 0 atom stereocenters. The van der Waals surface area contributed by atoms with E-state index in [0.717, 1.165) is 11.5 Å². The monoisotopic (exact) mass is 205 g/mol. The van der Waals surface area contributed by atoms with Crippen molar-refractivity contribution in [2.75, 3.05) is 0 Å². The van der Waals surface area contributed by atoms with E-state index in [4.69, 9.17) is 0 Å². The fraction of sp³-hybridized carbons (Fsp3) is 0.750. The molecular formula is C12H19N3. The summed E-state index contributed by atoms with van der Waals surface area (Å²) in [5, 5.41) is 7.92. The van der Waals surface area contributed by atoms with Crippen molar-refractivity contribution in [3.05, 3.63) is 17.7 Å². The average molecular weight is 205 g/mol. The smallest absolute Gasteiger partial charge is 0.148 e. The second-order valence-corrected chi connectivity index (χ2v) is 4.47. The Labute approximate surface area is 91.3 Å². The highest BCUT2D eigenvalue weighted by Gasteiger charge is 2.15. The minimum absolute atomic E-state index is 0.625. The second kappa shape index (κ2) is 5.19. The van der Waals surface area contributed by atoms with Gasteiger partial charge in [0.25, 0.3) is 0 Å². The molecule has 2 rings (SSSR count). The lowest BCUT2D eigenvalue weighted by Gasteiger charge is -2.18. The molecule has 0 spiro atoms. The summed E-state index contributed by atoms with van der Waals surface area (Å²) < 4.78 is 0. The van der Waals surface area contributed by atoms with Crippen LogP contribution >= 0.6 is 0 Å². The maximum absolute atomic E-state index is 4.50. The van der Waals surface area contributed by atoms with Crippen molar-refractivity contribution in [1.82, 2.24) is 15.2 Å². The van der Waals surface area contributed by atoms with Gasteiger partial charge >= 0.3 is 0 Å². The molecular weight excluding hydrogens is 186 g/mol. The van der Waals surface area contributed by atoms with E-state index in [1.54, 1.807) is 0 Å². The van der Waals surface area contributed by atoms with E-state index < -0.39 is 0 Å². The number of hydrogen-bond acceptors (Lipinski definition) is 3. The molecule has 0 N–H and O–H groups in total. The lowest BCUT2D eigenvalue weighted by atomic mass is 9.89. The molecule has 1 fully saturated rings. The number of aryl methyl sites for hydroxylation is 1. The Morgan fingerprint density at radius 2 is 1.73 bits per heavy atom. The van der Waals surface area contributed by atoms with Crippen LogP contribution in [0.2, 0.25) is 0 Å². The standard InChI is InChI=1S/C12H19N3/c1-10-14-12(9-13-15-10)11-7-5-3-2-4-6-8-11/h9,11H,2-8H2,1H3. The first-order valence-corrected chi connectivity index (χ1v) is 6.02. The molecule has 3 heteroatoms. The zero-order valence-corrected chi connectivity index (χ0v) is 9.45. The van der Waals surface area contributed by atoms with Crippen LogP contribution in [0.4, 0.5) is 0 Å². The van der Waals surface area contributed by atoms with Gasteiger partial charge < -0.3 is 0 Å². The summed E-state index contributed by atoms with van der Waals surface area (Å²) in [7, 11) is 0. The molecule has 0 unspecified atom stereocenters. The first-order chi connectivity index (χ1) is 7.36. The molecule has 82 valence electrons. The summed E-state index contributed by atoms with van der Waals surface area (Å²) >= 11 is 0. The summed E-state index contributed by atoms with van der Waals surface area (Å²) in [6.45, 7) is 1.92. The van der Waals surface area contributed by atoms with Crippen molar-refractivity contribution in [3.8, 4) is 0 Å². The van der Waals surface area contributed by atoms with Crippen LogP contribution in [0.5, 0.6) is 0 Å². The van der Waals surface area contributed by atoms with Gasteiger partial charge in [0.2, 0.25) is 0 Å². The van der Waals surface area contributed by atoms with Crippen LogP contribution in [0.3, 0.4) is 0 Å². The van der Waals surface area contributed by atoms with Crippen molar-refractivity contribution >= 4 is 0 Å². The first kappa shape index (κ1) is 10.5. The van der Waals surface area contributed by atoms with E-state index in [1.165, 1.54) is 44.9 Å². The van der Waals surface area contributed by atoms with Gasteiger partial charge in [0.1, 0.15) is 5.82 Å². The minimum atomic E-state index is 0.625. The minimum Gasteiger partial charge on any atom is -0.234 e. The van der Waals surface area contributed by atoms with Crippen molar-refractivity contribution in [2.24, 2.45) is 0 Å². The average Bonchev–Trinajstić information content (AvgIpc) is 2.16. The second-order valence-electron chi connectivity index (χ2n) is 4.47. The molecule has 3 nitrogen and oxygen atoms in total. The fourth-order valence-electron chi connectivity index (χ4n) is 2.36. The normalized spacial score (nSPS) is 19.5. The maximum atomic E-state index is 4.50. The number of hydrogen-bond donors (Lipinski definition) is 0. The summed E-state index contributed by atoms with van der Waals surface area (Å²) in [6.07, 6.45) is 11.3. The van der Waals surface area contributed by atoms with Gasteiger partial charge in [-0.05, 0) is 19.8 Å². The molecule has 0 aliphatic heterocycles. The molecule has 1 aromatic rings. The molecule has 1 heterocycles. The van der Waals surface area contributed by atoms with Crippen LogP contribution in [-0.4, -0.2) is 15.2 Å². The van der Waals surface area contributed by atoms with E-state index in [9.17, 15) is 0 Å². The van der Waals surface area contributed by atoms with Gasteiger partial charge in [0.05, 0.1) is 11.9 Å². The van der Waals surface area contributed by atoms with E-state index in [0.29, 0.717) is 5.92 Å². The van der Waals surface area contributed by atoms with E-state index in [2.05, 4.69) is 15.2 Å². The predicted molar refractivity (Wildman–Crippen MR) is 59.6 cm³/mol. The van der Waals surface area contributed by atoms with Gasteiger partial charge in [-0.3, -0.25) is 0 Å². The molecule has 0 radical (unpaired) electrons. The van der Waals surface area contributed by atoms with Gasteiger partial charge in [-0.15, -0.1) is 5.10 Å². The fourth-order valence-corrected chi connectivity index (χ4v) is 2.36. The summed E-state index contributed by atoms with van der Waals surface area (Å²) in [5.74, 6) is 1.43. The molecule has 1 aliphatic rings. The predicted octanol–water partition coefficient (Wildman–Crippen LogP) is 3.01. The number of rotatable bonds is 1. The van der Waals surface area contributed by atoms with Gasteiger partial charge in [-0.2, -0.15) is 5.10 Å². The first-order valence-electron chi connectivity index (χ1n) is 6.02. The van der Waals surface area contributed by atoms with Crippen LogP contribution in [0.1, 0.15) is 62.4 Å². The molecule has 15 heavy (non-hydrogen) atoms. The van der Waals surface area contributed by atoms with Crippen molar-refractivity contribution in [1.29, 1.82) is 0 Å². The van der Waals surface area contributed by atoms with Crippen LogP contribution < -0.4 is 0 Å². The van der Waals surface area contributed by atoms with Crippen LogP contribution in [0.15, 0.2) is 6.20 Å². The third-order valence-electron chi connectivity index (χ3n) is 3.21. The maximum Gasteiger partial charge on any atom is 0.148 e. The topological polar surface area (TPSA) is 38.7 Å². The van der Waals surface area contributed by atoms with Crippen LogP contribution in [0, 0.1) is 6.92 Å². The Morgan fingerprint density at radius 3 is 2.40 bits per heavy atom. The number of nitrogens with zero attached hydrogens (tertiary/aromatic N) is 3. The van der Waals surface area contributed by atoms with Crippen LogP contribution in [0.25, 0.3) is 0 Å². The van der Waals surface area contributed by atoms with Crippen molar-refractivity contribution in [2.45, 2.75) is 57.8 Å². The van der Waals surface area contributed by atoms with Crippen LogP contribution in [-0.2, 0) is 0 Å². The highest BCUT2D eigenvalue weighted by molar-refractivity contribution is 5.03. The summed E-state index contributed by atoms with van der Waals surface area (Å²) in [5.41, 5.74) is 1.16. The van der Waals surface area contributed by atoms with E-state index >= 15 is 0 Å². The lowest BCUT2D eigenvalue weighted by molar-refractivity contribution is 0.447. The molecule has 1 aromatic heterocycles. The van der Waals surface area contributed by atoms with Gasteiger partial charge in [-0.25, -0.2) is 4.98 Å². The van der Waals surface area contributed by atoms with Gasteiger partial charge in [0.15, 0.2) is 0 Å². The highest BCUT2D eigenvalue weighted by Crippen LogP contribution is 2.29. The lowest BCUT2D eigenvalue weighted by Crippen LogP contribution is -2.07. The van der Waals surface area contributed by atoms with E-state index in [1.807, 2.05) is 13.1 Å². The van der Waals surface area contributed by atoms with Gasteiger partial charge in [-0.1, -0.05) is 32.1 Å². The Kier molecular flexibility index (Phi) is 3.64. The quantitative estimate of drug-likeness (QED) is 0.707. The zero-order valence-electron chi connectivity index (χ0n) is 9.45. The Balaban J connectivity index is 2.06. The third kappa shape index (κ3) is 2.98. The molecule has 0 saturated heterocycles. The van der Waals surface area contributed by atoms with Crippen molar-refractivity contribution < 1.29 is 0 Å².